The van der Waals surface area contributed by atoms with Crippen LogP contribution in [0.4, 0.5) is 0 Å². The van der Waals surface area contributed by atoms with Crippen LogP contribution in [0, 0.1) is 13.8 Å². The number of benzene rings is 1. The summed E-state index contributed by atoms with van der Waals surface area (Å²) >= 11 is 1.38. The minimum absolute atomic E-state index is 0. The van der Waals surface area contributed by atoms with Gasteiger partial charge >= 0.3 is 0 Å². The van der Waals surface area contributed by atoms with Gasteiger partial charge in [0.25, 0.3) is 0 Å². The van der Waals surface area contributed by atoms with Gasteiger partial charge in [-0.2, -0.15) is 0 Å². The fraction of sp³-hybridized carbons (Fsp3) is 0.389. The summed E-state index contributed by atoms with van der Waals surface area (Å²) in [5, 5.41) is 0.652. The van der Waals surface area contributed by atoms with E-state index in [-0.39, 0.29) is 18.3 Å². The van der Waals surface area contributed by atoms with Crippen LogP contribution < -0.4 is 5.73 Å². The van der Waals surface area contributed by atoms with Gasteiger partial charge in [0.05, 0.1) is 5.75 Å². The van der Waals surface area contributed by atoms with E-state index in [0.29, 0.717) is 30.5 Å². The van der Waals surface area contributed by atoms with E-state index in [9.17, 15) is 4.79 Å². The van der Waals surface area contributed by atoms with Gasteiger partial charge in [-0.1, -0.05) is 42.1 Å². The Balaban J connectivity index is 0.00000312. The topological polar surface area (TPSA) is 72.1 Å². The van der Waals surface area contributed by atoms with Crippen molar-refractivity contribution < 1.29 is 4.79 Å². The Bertz CT molecular complexity index is 649. The minimum atomic E-state index is 0. The molecule has 2 aromatic rings. The predicted octanol–water partition coefficient (Wildman–Crippen LogP) is 2.98. The van der Waals surface area contributed by atoms with Crippen LogP contribution in [0.15, 0.2) is 41.6 Å². The number of carbonyl (C=O) groups excluding carboxylic acids is 1. The second-order valence-electron chi connectivity index (χ2n) is 5.67. The van der Waals surface area contributed by atoms with Crippen LogP contribution in [-0.4, -0.2) is 39.6 Å². The van der Waals surface area contributed by atoms with Crippen molar-refractivity contribution in [1.82, 2.24) is 14.9 Å². The number of nitrogens with two attached hydrogens (primary N) is 1. The van der Waals surface area contributed by atoms with E-state index in [2.05, 4.69) is 9.97 Å². The molecule has 0 bridgehead atoms. The lowest BCUT2D eigenvalue weighted by atomic mass is 10.2. The number of thioether (sulfide) groups is 1. The van der Waals surface area contributed by atoms with Crippen LogP contribution in [0.3, 0.4) is 0 Å². The summed E-state index contributed by atoms with van der Waals surface area (Å²) < 4.78 is 0. The molecule has 0 aliphatic carbocycles. The Hall–Kier alpha value is -1.63. The summed E-state index contributed by atoms with van der Waals surface area (Å²) in [5.41, 5.74) is 8.56. The lowest BCUT2D eigenvalue weighted by molar-refractivity contribution is -0.129. The summed E-state index contributed by atoms with van der Waals surface area (Å²) in [7, 11) is 0. The molecule has 0 aliphatic rings. The molecule has 0 radical (unpaired) electrons. The van der Waals surface area contributed by atoms with Gasteiger partial charge < -0.3 is 10.6 Å². The van der Waals surface area contributed by atoms with Crippen molar-refractivity contribution in [2.24, 2.45) is 5.73 Å². The van der Waals surface area contributed by atoms with Crippen molar-refractivity contribution in [1.29, 1.82) is 0 Å². The van der Waals surface area contributed by atoms with Crippen molar-refractivity contribution in [3.05, 3.63) is 53.3 Å². The fourth-order valence-electron chi connectivity index (χ4n) is 2.35. The predicted molar refractivity (Wildman–Crippen MR) is 105 cm³/mol. The van der Waals surface area contributed by atoms with E-state index in [1.165, 1.54) is 11.8 Å². The number of aryl methyl sites for hydroxylation is 2. The normalized spacial score (nSPS) is 10.2. The molecule has 0 saturated carbocycles. The molecule has 1 amide bonds. The number of nitrogens with zero attached hydrogens (tertiary/aromatic N) is 3. The Kier molecular flexibility index (Phi) is 9.49. The fourth-order valence-corrected chi connectivity index (χ4v) is 3.21. The summed E-state index contributed by atoms with van der Waals surface area (Å²) in [6.45, 7) is 5.71. The zero-order chi connectivity index (χ0) is 17.4. The molecule has 0 spiro atoms. The zero-order valence-corrected chi connectivity index (χ0v) is 16.3. The molecule has 1 aromatic heterocycles. The number of amides is 1. The van der Waals surface area contributed by atoms with Crippen LogP contribution >= 0.6 is 24.2 Å². The van der Waals surface area contributed by atoms with Crippen molar-refractivity contribution >= 4 is 30.1 Å². The molecule has 25 heavy (non-hydrogen) atoms. The average Bonchev–Trinajstić information content (AvgIpc) is 2.56. The number of carbonyl (C=O) groups is 1. The van der Waals surface area contributed by atoms with Gasteiger partial charge in [0.1, 0.15) is 0 Å². The monoisotopic (exact) mass is 380 g/mol. The van der Waals surface area contributed by atoms with E-state index in [0.717, 1.165) is 23.4 Å². The van der Waals surface area contributed by atoms with Crippen molar-refractivity contribution in [3.8, 4) is 0 Å². The second kappa shape index (κ2) is 11.1. The number of halogens is 1. The highest BCUT2D eigenvalue weighted by Crippen LogP contribution is 2.16. The van der Waals surface area contributed by atoms with Crippen LogP contribution in [-0.2, 0) is 11.3 Å². The van der Waals surface area contributed by atoms with Crippen LogP contribution in [0.1, 0.15) is 23.4 Å². The molecule has 1 aromatic carbocycles. The van der Waals surface area contributed by atoms with Crippen molar-refractivity contribution in [3.63, 3.8) is 0 Å². The molecule has 136 valence electrons. The van der Waals surface area contributed by atoms with Gasteiger partial charge in [-0.05, 0) is 38.4 Å². The molecule has 0 fully saturated rings. The molecule has 5 nitrogen and oxygen atoms in total. The zero-order valence-electron chi connectivity index (χ0n) is 14.6. The molecular weight excluding hydrogens is 356 g/mol. The molecule has 0 unspecified atom stereocenters. The maximum atomic E-state index is 12.6. The Morgan fingerprint density at radius 3 is 2.40 bits per heavy atom. The summed E-state index contributed by atoms with van der Waals surface area (Å²) in [6, 6.07) is 11.9. The molecule has 0 atom stereocenters. The van der Waals surface area contributed by atoms with Crippen LogP contribution in [0.2, 0.25) is 0 Å². The highest BCUT2D eigenvalue weighted by Gasteiger charge is 2.15. The maximum absolute atomic E-state index is 12.6. The van der Waals surface area contributed by atoms with Crippen molar-refractivity contribution in [2.45, 2.75) is 32.0 Å². The Morgan fingerprint density at radius 1 is 1.16 bits per heavy atom. The molecule has 0 aliphatic heterocycles. The highest BCUT2D eigenvalue weighted by atomic mass is 35.5. The average molecular weight is 381 g/mol. The molecule has 0 saturated heterocycles. The Morgan fingerprint density at radius 2 is 1.80 bits per heavy atom. The number of rotatable bonds is 8. The highest BCUT2D eigenvalue weighted by molar-refractivity contribution is 7.99. The Labute approximate surface area is 159 Å². The van der Waals surface area contributed by atoms with Gasteiger partial charge in [-0.25, -0.2) is 9.97 Å². The minimum Gasteiger partial charge on any atom is -0.338 e. The van der Waals surface area contributed by atoms with E-state index in [1.54, 1.807) is 0 Å². The van der Waals surface area contributed by atoms with E-state index < -0.39 is 0 Å². The lowest BCUT2D eigenvalue weighted by Gasteiger charge is -2.22. The van der Waals surface area contributed by atoms with Crippen LogP contribution in [0.25, 0.3) is 0 Å². The largest absolute Gasteiger partial charge is 0.338 e. The van der Waals surface area contributed by atoms with Crippen LogP contribution in [0.5, 0.6) is 0 Å². The standard InChI is InChI=1S/C18H24N4OS.ClH/c1-14-11-15(2)21-18(20-14)24-13-17(23)22(10-6-9-19)12-16-7-4-3-5-8-16;/h3-5,7-8,11H,6,9-10,12-13,19H2,1-2H3;1H. The first-order valence-corrected chi connectivity index (χ1v) is 9.04. The van der Waals surface area contributed by atoms with E-state index >= 15 is 0 Å². The molecule has 2 rings (SSSR count). The first-order chi connectivity index (χ1) is 11.6. The molecular formula is C18H25ClN4OS. The quantitative estimate of drug-likeness (QED) is 0.563. The third kappa shape index (κ3) is 7.42. The van der Waals surface area contributed by atoms with Crippen molar-refractivity contribution in [2.75, 3.05) is 18.8 Å². The van der Waals surface area contributed by atoms with Gasteiger partial charge in [0.15, 0.2) is 5.16 Å². The van der Waals surface area contributed by atoms with Gasteiger partial charge in [-0.15, -0.1) is 12.4 Å². The number of aromatic nitrogens is 2. The molecule has 1 heterocycles. The third-order valence-corrected chi connectivity index (χ3v) is 4.32. The number of hydrogen-bond acceptors (Lipinski definition) is 5. The van der Waals surface area contributed by atoms with E-state index in [1.807, 2.05) is 55.1 Å². The SMILES string of the molecule is Cc1cc(C)nc(SCC(=O)N(CCCN)Cc2ccccc2)n1.Cl. The van der Waals surface area contributed by atoms with E-state index in [4.69, 9.17) is 5.73 Å². The smallest absolute Gasteiger partial charge is 0.233 e. The van der Waals surface area contributed by atoms with Gasteiger partial charge in [0.2, 0.25) is 5.91 Å². The third-order valence-electron chi connectivity index (χ3n) is 3.49. The van der Waals surface area contributed by atoms with Gasteiger partial charge in [0, 0.05) is 24.5 Å². The lowest BCUT2D eigenvalue weighted by Crippen LogP contribution is -2.33. The second-order valence-corrected chi connectivity index (χ2v) is 6.61. The maximum Gasteiger partial charge on any atom is 0.233 e. The molecule has 7 heteroatoms. The molecule has 2 N–H and O–H groups in total. The first kappa shape index (κ1) is 21.4. The number of hydrogen-bond donors (Lipinski definition) is 1. The summed E-state index contributed by atoms with van der Waals surface area (Å²) in [5.74, 6) is 0.417. The summed E-state index contributed by atoms with van der Waals surface area (Å²) in [6.07, 6.45) is 0.795. The van der Waals surface area contributed by atoms with Gasteiger partial charge in [-0.3, -0.25) is 4.79 Å². The summed E-state index contributed by atoms with van der Waals surface area (Å²) in [4.78, 5) is 23.2. The first-order valence-electron chi connectivity index (χ1n) is 8.05.